The molecule has 0 unspecified atom stereocenters. The van der Waals surface area contributed by atoms with E-state index in [2.05, 4.69) is 10.4 Å². The fraction of sp³-hybridized carbons (Fsp3) is 0.273. The standard InChI is InChI=1S/C22H24FN3O6S/c1-4-15(13-27)31-16-9-14(22(28)24-21-7-8-26(2)25-21)10-17(11-16)32-20-6-5-18(12-19(20)23)33(3,29)30/h5-12,15,27H,4,13H2,1-3H3,(H,24,25,28)/t15-/m0/s1. The van der Waals surface area contributed by atoms with Gasteiger partial charge in [0.2, 0.25) is 0 Å². The highest BCUT2D eigenvalue weighted by Gasteiger charge is 2.17. The maximum absolute atomic E-state index is 14.5. The van der Waals surface area contributed by atoms with E-state index in [4.69, 9.17) is 9.47 Å². The van der Waals surface area contributed by atoms with Crippen molar-refractivity contribution in [3.05, 3.63) is 60.0 Å². The van der Waals surface area contributed by atoms with E-state index in [-0.39, 0.29) is 34.3 Å². The van der Waals surface area contributed by atoms with E-state index < -0.39 is 27.7 Å². The molecule has 11 heteroatoms. The van der Waals surface area contributed by atoms with Crippen molar-refractivity contribution in [2.45, 2.75) is 24.3 Å². The van der Waals surface area contributed by atoms with Gasteiger partial charge in [-0.15, -0.1) is 0 Å². The van der Waals surface area contributed by atoms with E-state index in [1.807, 2.05) is 6.92 Å². The molecule has 0 aliphatic heterocycles. The van der Waals surface area contributed by atoms with Crippen molar-refractivity contribution in [1.82, 2.24) is 9.78 Å². The van der Waals surface area contributed by atoms with Crippen LogP contribution in [0.5, 0.6) is 17.2 Å². The lowest BCUT2D eigenvalue weighted by Gasteiger charge is -2.17. The number of nitrogens with zero attached hydrogens (tertiary/aromatic N) is 2. The summed E-state index contributed by atoms with van der Waals surface area (Å²) in [6, 6.07) is 9.18. The van der Waals surface area contributed by atoms with E-state index in [1.165, 1.54) is 35.0 Å². The monoisotopic (exact) mass is 477 g/mol. The topological polar surface area (TPSA) is 120 Å². The van der Waals surface area contributed by atoms with Gasteiger partial charge >= 0.3 is 0 Å². The Labute approximate surface area is 190 Å². The molecule has 0 fully saturated rings. The molecule has 1 heterocycles. The highest BCUT2D eigenvalue weighted by Crippen LogP contribution is 2.31. The third kappa shape index (κ3) is 6.30. The van der Waals surface area contributed by atoms with Gasteiger partial charge in [-0.25, -0.2) is 12.8 Å². The van der Waals surface area contributed by atoms with Gasteiger partial charge in [0, 0.05) is 37.2 Å². The Hall–Kier alpha value is -3.44. The number of rotatable bonds is 9. The van der Waals surface area contributed by atoms with Crippen molar-refractivity contribution in [3.63, 3.8) is 0 Å². The second kappa shape index (κ2) is 10.0. The number of hydrogen-bond donors (Lipinski definition) is 2. The van der Waals surface area contributed by atoms with Crippen molar-refractivity contribution in [2.24, 2.45) is 7.05 Å². The largest absolute Gasteiger partial charge is 0.488 e. The van der Waals surface area contributed by atoms with Crippen LogP contribution in [0.25, 0.3) is 0 Å². The minimum Gasteiger partial charge on any atom is -0.488 e. The third-order valence-electron chi connectivity index (χ3n) is 4.62. The summed E-state index contributed by atoms with van der Waals surface area (Å²) in [4.78, 5) is 12.6. The van der Waals surface area contributed by atoms with Gasteiger partial charge in [-0.1, -0.05) is 6.92 Å². The zero-order valence-corrected chi connectivity index (χ0v) is 19.1. The number of aliphatic hydroxyl groups excluding tert-OH is 1. The first kappa shape index (κ1) is 24.2. The molecule has 1 aromatic heterocycles. The molecule has 1 amide bonds. The Morgan fingerprint density at radius 1 is 1.21 bits per heavy atom. The number of hydrogen-bond acceptors (Lipinski definition) is 7. The number of aliphatic hydroxyl groups is 1. The van der Waals surface area contributed by atoms with Gasteiger partial charge in [0.05, 0.1) is 11.5 Å². The predicted molar refractivity (Wildman–Crippen MR) is 119 cm³/mol. The van der Waals surface area contributed by atoms with Gasteiger partial charge in [0.1, 0.15) is 17.6 Å². The van der Waals surface area contributed by atoms with Gasteiger partial charge < -0.3 is 19.9 Å². The summed E-state index contributed by atoms with van der Waals surface area (Å²) in [5.41, 5.74) is 0.147. The smallest absolute Gasteiger partial charge is 0.257 e. The molecule has 2 aromatic carbocycles. The van der Waals surface area contributed by atoms with Crippen LogP contribution in [0.1, 0.15) is 23.7 Å². The Bertz CT molecular complexity index is 1250. The van der Waals surface area contributed by atoms with Crippen LogP contribution in [0.15, 0.2) is 53.6 Å². The Morgan fingerprint density at radius 2 is 1.94 bits per heavy atom. The summed E-state index contributed by atoms with van der Waals surface area (Å²) >= 11 is 0. The van der Waals surface area contributed by atoms with E-state index in [0.717, 1.165) is 12.3 Å². The summed E-state index contributed by atoms with van der Waals surface area (Å²) in [6.45, 7) is 1.59. The molecule has 0 spiro atoms. The average molecular weight is 478 g/mol. The summed E-state index contributed by atoms with van der Waals surface area (Å²) in [5.74, 6) is -0.977. The number of aromatic nitrogens is 2. The maximum atomic E-state index is 14.5. The average Bonchev–Trinajstić information content (AvgIpc) is 3.17. The van der Waals surface area contributed by atoms with E-state index in [0.29, 0.717) is 12.2 Å². The molecule has 0 aliphatic rings. The first-order valence-electron chi connectivity index (χ1n) is 10.00. The van der Waals surface area contributed by atoms with Gasteiger partial charge in [0.15, 0.2) is 27.2 Å². The Morgan fingerprint density at radius 3 is 2.52 bits per heavy atom. The van der Waals surface area contributed by atoms with Crippen LogP contribution in [-0.2, 0) is 16.9 Å². The van der Waals surface area contributed by atoms with E-state index >= 15 is 0 Å². The molecular formula is C22H24FN3O6S. The minimum absolute atomic E-state index is 0.0810. The van der Waals surface area contributed by atoms with Gasteiger partial charge in [-0.05, 0) is 36.8 Å². The van der Waals surface area contributed by atoms with Crippen molar-refractivity contribution < 1.29 is 32.2 Å². The van der Waals surface area contributed by atoms with E-state index in [1.54, 1.807) is 19.3 Å². The lowest BCUT2D eigenvalue weighted by atomic mass is 10.1. The molecule has 33 heavy (non-hydrogen) atoms. The second-order valence-corrected chi connectivity index (χ2v) is 9.33. The van der Waals surface area contributed by atoms with E-state index in [9.17, 15) is 22.7 Å². The fourth-order valence-electron chi connectivity index (χ4n) is 2.86. The quantitative estimate of drug-likeness (QED) is 0.486. The molecule has 0 bridgehead atoms. The molecule has 0 aliphatic carbocycles. The van der Waals surface area contributed by atoms with Crippen LogP contribution in [0.2, 0.25) is 0 Å². The molecule has 3 aromatic rings. The van der Waals surface area contributed by atoms with Crippen molar-refractivity contribution in [3.8, 4) is 17.2 Å². The molecular weight excluding hydrogens is 453 g/mol. The van der Waals surface area contributed by atoms with Crippen molar-refractivity contribution in [1.29, 1.82) is 0 Å². The lowest BCUT2D eigenvalue weighted by molar-refractivity contribution is 0.102. The highest BCUT2D eigenvalue weighted by atomic mass is 32.2. The zero-order valence-electron chi connectivity index (χ0n) is 18.3. The fourth-order valence-corrected chi connectivity index (χ4v) is 3.50. The minimum atomic E-state index is -3.59. The predicted octanol–water partition coefficient (Wildman–Crippen LogP) is 3.16. The van der Waals surface area contributed by atoms with Crippen LogP contribution in [0, 0.1) is 5.82 Å². The highest BCUT2D eigenvalue weighted by molar-refractivity contribution is 7.90. The first-order chi connectivity index (χ1) is 15.6. The summed E-state index contributed by atoms with van der Waals surface area (Å²) < 4.78 is 50.6. The third-order valence-corrected chi connectivity index (χ3v) is 5.73. The normalized spacial score (nSPS) is 12.3. The summed E-state index contributed by atoms with van der Waals surface area (Å²) in [5, 5.41) is 16.2. The lowest BCUT2D eigenvalue weighted by Crippen LogP contribution is -2.20. The zero-order chi connectivity index (χ0) is 24.2. The number of amides is 1. The molecule has 0 radical (unpaired) electrons. The molecule has 9 nitrogen and oxygen atoms in total. The van der Waals surface area contributed by atoms with Crippen LogP contribution < -0.4 is 14.8 Å². The van der Waals surface area contributed by atoms with Crippen LogP contribution in [0.3, 0.4) is 0 Å². The van der Waals surface area contributed by atoms with Crippen LogP contribution in [-0.4, -0.2) is 48.2 Å². The number of sulfone groups is 1. The molecule has 0 saturated heterocycles. The molecule has 1 atom stereocenters. The van der Waals surface area contributed by atoms with Crippen LogP contribution >= 0.6 is 0 Å². The van der Waals surface area contributed by atoms with Gasteiger partial charge in [-0.3, -0.25) is 9.48 Å². The Balaban J connectivity index is 1.94. The molecule has 176 valence electrons. The number of halogens is 1. The first-order valence-corrected chi connectivity index (χ1v) is 11.9. The van der Waals surface area contributed by atoms with Crippen molar-refractivity contribution in [2.75, 3.05) is 18.2 Å². The van der Waals surface area contributed by atoms with Gasteiger partial charge in [0.25, 0.3) is 5.91 Å². The van der Waals surface area contributed by atoms with Crippen molar-refractivity contribution >= 4 is 21.6 Å². The number of carbonyl (C=O) groups is 1. The summed E-state index contributed by atoms with van der Waals surface area (Å²) in [6.07, 6.45) is 2.64. The summed E-state index contributed by atoms with van der Waals surface area (Å²) in [7, 11) is -1.88. The number of anilines is 1. The maximum Gasteiger partial charge on any atom is 0.257 e. The Kier molecular flexibility index (Phi) is 7.34. The molecule has 0 saturated carbocycles. The van der Waals surface area contributed by atoms with Crippen LogP contribution in [0.4, 0.5) is 10.2 Å². The second-order valence-electron chi connectivity index (χ2n) is 7.32. The number of carbonyl (C=O) groups excluding carboxylic acids is 1. The molecule has 2 N–H and O–H groups in total. The number of aryl methyl sites for hydroxylation is 1. The molecule has 3 rings (SSSR count). The number of nitrogens with one attached hydrogen (secondary N) is 1. The SMILES string of the molecule is CC[C@@H](CO)Oc1cc(Oc2ccc(S(C)(=O)=O)cc2F)cc(C(=O)Nc2ccn(C)n2)c1. The van der Waals surface area contributed by atoms with Gasteiger partial charge in [-0.2, -0.15) is 5.10 Å². The number of ether oxygens (including phenoxy) is 2. The number of benzene rings is 2.